The van der Waals surface area contributed by atoms with Gasteiger partial charge in [0, 0.05) is 25.1 Å². The molecule has 1 aliphatic carbocycles. The number of allylic oxidation sites excluding steroid dienone is 5. The van der Waals surface area contributed by atoms with Crippen molar-refractivity contribution in [3.05, 3.63) is 78.2 Å². The van der Waals surface area contributed by atoms with Crippen LogP contribution in [0.5, 0.6) is 0 Å². The molecule has 1 aromatic rings. The number of para-hydroxylation sites is 1. The number of benzene rings is 1. The first kappa shape index (κ1) is 16.3. The van der Waals surface area contributed by atoms with Gasteiger partial charge in [-0.3, -0.25) is 19.0 Å². The molecule has 0 aromatic heterocycles. The lowest BCUT2D eigenvalue weighted by atomic mass is 10.2. The summed E-state index contributed by atoms with van der Waals surface area (Å²) in [5, 5.41) is 0. The molecule has 122 valence electrons. The van der Waals surface area contributed by atoms with Crippen LogP contribution in [0.4, 0.5) is 5.69 Å². The largest absolute Gasteiger partial charge is 0.288 e. The highest BCUT2D eigenvalue weighted by Gasteiger charge is 2.22. The van der Waals surface area contributed by atoms with Crippen molar-refractivity contribution in [1.82, 2.24) is 4.31 Å². The first-order valence-electron chi connectivity index (χ1n) is 7.69. The highest BCUT2D eigenvalue weighted by atomic mass is 32.2. The van der Waals surface area contributed by atoms with Gasteiger partial charge in [-0.1, -0.05) is 36.4 Å². The van der Waals surface area contributed by atoms with E-state index in [0.29, 0.717) is 0 Å². The predicted molar refractivity (Wildman–Crippen MR) is 102 cm³/mol. The molecule has 4 nitrogen and oxygen atoms in total. The summed E-state index contributed by atoms with van der Waals surface area (Å²) in [5.74, 6) is -0.0240. The molecule has 1 heterocycles. The normalized spacial score (nSPS) is 19.1. The molecule has 3 rings (SSSR count). The summed E-state index contributed by atoms with van der Waals surface area (Å²) in [5.41, 5.74) is 3.02. The van der Waals surface area contributed by atoms with Crippen molar-refractivity contribution in [2.45, 2.75) is 13.0 Å². The number of carbonyl (C=O) groups is 1. The maximum Gasteiger partial charge on any atom is 0.227 e. The maximum atomic E-state index is 11.9. The SMILES string of the molecule is CSN1C=NC2C=CC(C=CN(C(C)=O)c3ccccc3)=CC=C21. The van der Waals surface area contributed by atoms with E-state index in [-0.39, 0.29) is 11.9 Å². The molecule has 5 heteroatoms. The van der Waals surface area contributed by atoms with E-state index >= 15 is 0 Å². The summed E-state index contributed by atoms with van der Waals surface area (Å²) in [4.78, 5) is 18.0. The Kier molecular flexibility index (Phi) is 5.01. The zero-order chi connectivity index (χ0) is 16.9. The number of anilines is 1. The molecule has 1 unspecified atom stereocenters. The lowest BCUT2D eigenvalue weighted by Crippen LogP contribution is -2.21. The van der Waals surface area contributed by atoms with Gasteiger partial charge in [0.25, 0.3) is 0 Å². The third-order valence-corrected chi connectivity index (χ3v) is 4.49. The number of rotatable bonds is 4. The second-order valence-electron chi connectivity index (χ2n) is 5.38. The predicted octanol–water partition coefficient (Wildman–Crippen LogP) is 3.92. The summed E-state index contributed by atoms with van der Waals surface area (Å²) in [6.45, 7) is 1.56. The molecule has 2 aliphatic rings. The Morgan fingerprint density at radius 2 is 2.08 bits per heavy atom. The Hall–Kier alpha value is -2.53. The van der Waals surface area contributed by atoms with E-state index in [1.165, 1.54) is 0 Å². The lowest BCUT2D eigenvalue weighted by Gasteiger charge is -2.16. The summed E-state index contributed by atoms with van der Waals surface area (Å²) in [6.07, 6.45) is 15.9. The number of amides is 1. The minimum absolute atomic E-state index is 0.0240. The average Bonchev–Trinajstić information content (AvgIpc) is 2.88. The molecular formula is C19H19N3OS. The van der Waals surface area contributed by atoms with Gasteiger partial charge in [-0.15, -0.1) is 0 Å². The summed E-state index contributed by atoms with van der Waals surface area (Å²) in [7, 11) is 0. The van der Waals surface area contributed by atoms with Gasteiger partial charge in [-0.25, -0.2) is 0 Å². The quantitative estimate of drug-likeness (QED) is 0.781. The molecule has 0 spiro atoms. The number of carbonyl (C=O) groups excluding carboxylic acids is 1. The summed E-state index contributed by atoms with van der Waals surface area (Å²) in [6, 6.07) is 9.68. The van der Waals surface area contributed by atoms with Crippen LogP contribution in [0.3, 0.4) is 0 Å². The first-order valence-corrected chi connectivity index (χ1v) is 8.87. The molecule has 0 radical (unpaired) electrons. The Morgan fingerprint density at radius 1 is 1.29 bits per heavy atom. The molecule has 1 amide bonds. The standard InChI is InChI=1S/C19H19N3OS/c1-15(23)21(17-6-4-3-5-7-17)13-12-16-8-10-18-19(11-9-16)22(24-2)14-20-18/h3-14,18H,1-2H3. The van der Waals surface area contributed by atoms with E-state index in [2.05, 4.69) is 21.4 Å². The molecule has 1 aromatic carbocycles. The summed E-state index contributed by atoms with van der Waals surface area (Å²) >= 11 is 1.63. The van der Waals surface area contributed by atoms with E-state index in [0.717, 1.165) is 17.0 Å². The van der Waals surface area contributed by atoms with Gasteiger partial charge in [0.15, 0.2) is 0 Å². The van der Waals surface area contributed by atoms with Crippen molar-refractivity contribution in [2.75, 3.05) is 11.2 Å². The third kappa shape index (κ3) is 3.51. The average molecular weight is 337 g/mol. The number of hydrogen-bond acceptors (Lipinski definition) is 4. The summed E-state index contributed by atoms with van der Waals surface area (Å²) < 4.78 is 2.06. The number of fused-ring (bicyclic) bond motifs is 1. The van der Waals surface area contributed by atoms with Crippen LogP contribution >= 0.6 is 11.9 Å². The van der Waals surface area contributed by atoms with Crippen molar-refractivity contribution < 1.29 is 4.79 Å². The van der Waals surface area contributed by atoms with E-state index in [9.17, 15) is 4.79 Å². The lowest BCUT2D eigenvalue weighted by molar-refractivity contribution is -0.116. The first-order chi connectivity index (χ1) is 11.7. The van der Waals surface area contributed by atoms with Crippen molar-refractivity contribution >= 4 is 29.9 Å². The van der Waals surface area contributed by atoms with Gasteiger partial charge < -0.3 is 0 Å². The monoisotopic (exact) mass is 337 g/mol. The van der Waals surface area contributed by atoms with Crippen LogP contribution in [-0.4, -0.2) is 28.8 Å². The Morgan fingerprint density at radius 3 is 2.79 bits per heavy atom. The van der Waals surface area contributed by atoms with E-state index < -0.39 is 0 Å². The molecule has 24 heavy (non-hydrogen) atoms. The van der Waals surface area contributed by atoms with Gasteiger partial charge >= 0.3 is 0 Å². The second-order valence-corrected chi connectivity index (χ2v) is 6.13. The third-order valence-electron chi connectivity index (χ3n) is 3.79. The number of aliphatic imine (C=N–C) groups is 1. The zero-order valence-corrected chi connectivity index (χ0v) is 14.5. The van der Waals surface area contributed by atoms with Crippen LogP contribution in [0.2, 0.25) is 0 Å². The van der Waals surface area contributed by atoms with Gasteiger partial charge in [-0.2, -0.15) is 0 Å². The minimum atomic E-state index is -0.0240. The zero-order valence-electron chi connectivity index (χ0n) is 13.7. The van der Waals surface area contributed by atoms with Crippen LogP contribution < -0.4 is 4.90 Å². The molecule has 0 N–H and O–H groups in total. The van der Waals surface area contributed by atoms with E-state index in [4.69, 9.17) is 0 Å². The molecule has 0 saturated heterocycles. The van der Waals surface area contributed by atoms with Crippen LogP contribution in [0.1, 0.15) is 6.92 Å². The van der Waals surface area contributed by atoms with Gasteiger partial charge in [0.1, 0.15) is 12.4 Å². The fourth-order valence-electron chi connectivity index (χ4n) is 2.55. The van der Waals surface area contributed by atoms with Crippen LogP contribution in [-0.2, 0) is 4.79 Å². The van der Waals surface area contributed by atoms with Gasteiger partial charge in [0.05, 0.1) is 5.70 Å². The topological polar surface area (TPSA) is 35.9 Å². The smallest absolute Gasteiger partial charge is 0.227 e. The van der Waals surface area contributed by atoms with Crippen LogP contribution in [0, 0.1) is 0 Å². The Labute approximate surface area is 146 Å². The van der Waals surface area contributed by atoms with Crippen molar-refractivity contribution in [3.63, 3.8) is 0 Å². The number of hydrogen-bond donors (Lipinski definition) is 0. The van der Waals surface area contributed by atoms with Crippen LogP contribution in [0.25, 0.3) is 0 Å². The van der Waals surface area contributed by atoms with Crippen molar-refractivity contribution in [2.24, 2.45) is 4.99 Å². The molecule has 1 atom stereocenters. The molecule has 1 aliphatic heterocycles. The second kappa shape index (κ2) is 7.36. The van der Waals surface area contributed by atoms with Gasteiger partial charge in [-0.05, 0) is 41.8 Å². The molecule has 0 fully saturated rings. The van der Waals surface area contributed by atoms with E-state index in [1.54, 1.807) is 23.8 Å². The number of nitrogens with zero attached hydrogens (tertiary/aromatic N) is 3. The Balaban J connectivity index is 1.81. The van der Waals surface area contributed by atoms with Crippen molar-refractivity contribution in [3.8, 4) is 0 Å². The fourth-order valence-corrected chi connectivity index (χ4v) is 3.08. The highest BCUT2D eigenvalue weighted by molar-refractivity contribution is 7.96. The highest BCUT2D eigenvalue weighted by Crippen LogP contribution is 2.27. The Bertz CT molecular complexity index is 762. The molecular weight excluding hydrogens is 318 g/mol. The molecule has 0 saturated carbocycles. The maximum absolute atomic E-state index is 11.9. The van der Waals surface area contributed by atoms with Gasteiger partial charge in [0.2, 0.25) is 5.91 Å². The van der Waals surface area contributed by atoms with Crippen molar-refractivity contribution in [1.29, 1.82) is 0 Å². The fraction of sp³-hybridized carbons (Fsp3) is 0.158. The van der Waals surface area contributed by atoms with E-state index in [1.807, 2.05) is 67.4 Å². The minimum Gasteiger partial charge on any atom is -0.288 e. The van der Waals surface area contributed by atoms with Crippen LogP contribution in [0.15, 0.2) is 83.2 Å². The molecule has 0 bridgehead atoms.